The van der Waals surface area contributed by atoms with Crippen molar-refractivity contribution in [3.63, 3.8) is 0 Å². The summed E-state index contributed by atoms with van der Waals surface area (Å²) in [5.41, 5.74) is 3.01. The summed E-state index contributed by atoms with van der Waals surface area (Å²) >= 11 is 0. The maximum atomic E-state index is 12.8. The second-order valence-corrected chi connectivity index (χ2v) is 6.46. The number of hydrogen-bond acceptors (Lipinski definition) is 5. The topological polar surface area (TPSA) is 88.1 Å². The van der Waals surface area contributed by atoms with Gasteiger partial charge in [0.15, 0.2) is 11.5 Å². The Morgan fingerprint density at radius 2 is 2.00 bits per heavy atom. The van der Waals surface area contributed by atoms with Crippen molar-refractivity contribution in [2.75, 3.05) is 20.8 Å². The number of hydroxylamine groups is 1. The Morgan fingerprint density at radius 1 is 1.23 bits per heavy atom. The molecular formula is C19H28N2O5. The molecule has 1 unspecified atom stereocenters. The number of nitrogens with zero attached hydrogens (tertiary/aromatic N) is 1. The van der Waals surface area contributed by atoms with Crippen molar-refractivity contribution >= 4 is 11.8 Å². The molecule has 0 aromatic heterocycles. The van der Waals surface area contributed by atoms with Gasteiger partial charge in [0.05, 0.1) is 14.2 Å². The minimum atomic E-state index is -0.631. The lowest BCUT2D eigenvalue weighted by atomic mass is 9.97. The lowest BCUT2D eigenvalue weighted by Gasteiger charge is -2.39. The van der Waals surface area contributed by atoms with Gasteiger partial charge in [0.2, 0.25) is 0 Å². The molecule has 7 nitrogen and oxygen atoms in total. The predicted molar refractivity (Wildman–Crippen MR) is 96.8 cm³/mol. The second-order valence-electron chi connectivity index (χ2n) is 6.46. The highest BCUT2D eigenvalue weighted by Gasteiger charge is 2.38. The van der Waals surface area contributed by atoms with E-state index in [1.165, 1.54) is 11.3 Å². The first-order chi connectivity index (χ1) is 12.6. The first-order valence-corrected chi connectivity index (χ1v) is 9.07. The summed E-state index contributed by atoms with van der Waals surface area (Å²) in [6.07, 6.45) is 5.78. The maximum Gasteiger partial charge on any atom is 0.266 e. The Labute approximate surface area is 154 Å². The third kappa shape index (κ3) is 4.27. The van der Waals surface area contributed by atoms with Crippen LogP contribution in [0.2, 0.25) is 0 Å². The molecule has 2 N–H and O–H groups in total. The number of unbranched alkanes of at least 4 members (excludes halogenated alkanes) is 3. The number of ether oxygens (including phenoxy) is 2. The zero-order valence-electron chi connectivity index (χ0n) is 15.7. The van der Waals surface area contributed by atoms with Crippen molar-refractivity contribution in [3.8, 4) is 11.5 Å². The standard InChI is InChI=1S/C19H28N2O5/c1-4-5-6-7-8-13-11-14(12-16(25-2)17(13)26-3)19(23)21-10-9-15(21)18(22)20-24/h11-12,15,24H,4-10H2,1-3H3,(H,20,22). The van der Waals surface area contributed by atoms with Crippen LogP contribution in [0.3, 0.4) is 0 Å². The van der Waals surface area contributed by atoms with Crippen LogP contribution >= 0.6 is 0 Å². The maximum absolute atomic E-state index is 12.8. The quantitative estimate of drug-likeness (QED) is 0.399. The third-order valence-electron chi connectivity index (χ3n) is 4.80. The lowest BCUT2D eigenvalue weighted by Crippen LogP contribution is -2.57. The molecule has 1 aliphatic heterocycles. The molecule has 1 heterocycles. The molecule has 144 valence electrons. The summed E-state index contributed by atoms with van der Waals surface area (Å²) in [7, 11) is 3.13. The molecule has 0 spiro atoms. The fourth-order valence-electron chi connectivity index (χ4n) is 3.24. The van der Waals surface area contributed by atoms with Crippen molar-refractivity contribution in [2.24, 2.45) is 0 Å². The van der Waals surface area contributed by atoms with E-state index in [0.29, 0.717) is 30.0 Å². The highest BCUT2D eigenvalue weighted by atomic mass is 16.5. The molecule has 0 bridgehead atoms. The van der Waals surface area contributed by atoms with E-state index < -0.39 is 11.9 Å². The lowest BCUT2D eigenvalue weighted by molar-refractivity contribution is -0.137. The Balaban J connectivity index is 2.24. The molecule has 1 aromatic carbocycles. The molecule has 0 saturated carbocycles. The van der Waals surface area contributed by atoms with Gasteiger partial charge in [-0.2, -0.15) is 0 Å². The zero-order valence-corrected chi connectivity index (χ0v) is 15.7. The minimum Gasteiger partial charge on any atom is -0.493 e. The van der Waals surface area contributed by atoms with E-state index in [1.54, 1.807) is 25.8 Å². The van der Waals surface area contributed by atoms with Gasteiger partial charge in [0.1, 0.15) is 6.04 Å². The molecular weight excluding hydrogens is 336 g/mol. The summed E-state index contributed by atoms with van der Waals surface area (Å²) in [6.45, 7) is 2.64. The molecule has 1 aromatic rings. The van der Waals surface area contributed by atoms with Gasteiger partial charge in [-0.1, -0.05) is 26.2 Å². The zero-order chi connectivity index (χ0) is 19.1. The van der Waals surface area contributed by atoms with Gasteiger partial charge in [-0.3, -0.25) is 14.8 Å². The van der Waals surface area contributed by atoms with Crippen molar-refractivity contribution in [1.29, 1.82) is 0 Å². The van der Waals surface area contributed by atoms with Gasteiger partial charge >= 0.3 is 0 Å². The molecule has 1 aliphatic rings. The third-order valence-corrected chi connectivity index (χ3v) is 4.80. The largest absolute Gasteiger partial charge is 0.493 e. The number of methoxy groups -OCH3 is 2. The highest BCUT2D eigenvalue weighted by molar-refractivity contribution is 5.99. The molecule has 0 aliphatic carbocycles. The van der Waals surface area contributed by atoms with Gasteiger partial charge in [-0.25, -0.2) is 5.48 Å². The number of hydrogen-bond donors (Lipinski definition) is 2. The van der Waals surface area contributed by atoms with Gasteiger partial charge in [-0.05, 0) is 37.0 Å². The molecule has 7 heteroatoms. The van der Waals surface area contributed by atoms with Crippen LogP contribution in [0.5, 0.6) is 11.5 Å². The molecule has 1 fully saturated rings. The van der Waals surface area contributed by atoms with Crippen molar-refractivity contribution in [1.82, 2.24) is 10.4 Å². The summed E-state index contributed by atoms with van der Waals surface area (Å²) in [5, 5.41) is 8.80. The Hall–Kier alpha value is -2.28. The fraction of sp³-hybridized carbons (Fsp3) is 0.579. The molecule has 1 saturated heterocycles. The number of carbonyl (C=O) groups is 2. The van der Waals surface area contributed by atoms with E-state index in [-0.39, 0.29) is 5.91 Å². The number of aryl methyl sites for hydroxylation is 1. The molecule has 2 amide bonds. The van der Waals surface area contributed by atoms with Crippen molar-refractivity contribution < 1.29 is 24.3 Å². The number of amides is 2. The summed E-state index contributed by atoms with van der Waals surface area (Å²) in [5.74, 6) is 0.340. The number of nitrogens with one attached hydrogen (secondary N) is 1. The molecule has 0 radical (unpaired) electrons. The Morgan fingerprint density at radius 3 is 2.54 bits per heavy atom. The van der Waals surface area contributed by atoms with Crippen molar-refractivity contribution in [3.05, 3.63) is 23.3 Å². The Bertz CT molecular complexity index is 647. The van der Waals surface area contributed by atoms with Crippen LogP contribution in [0.4, 0.5) is 0 Å². The van der Waals surface area contributed by atoms with E-state index in [2.05, 4.69) is 6.92 Å². The van der Waals surface area contributed by atoms with Gasteiger partial charge in [0, 0.05) is 12.1 Å². The highest BCUT2D eigenvalue weighted by Crippen LogP contribution is 2.35. The van der Waals surface area contributed by atoms with Crippen LogP contribution in [0, 0.1) is 0 Å². The Kier molecular flexibility index (Phi) is 7.26. The van der Waals surface area contributed by atoms with E-state index in [0.717, 1.165) is 31.2 Å². The van der Waals surface area contributed by atoms with Crippen LogP contribution in [0.15, 0.2) is 12.1 Å². The van der Waals surface area contributed by atoms with Gasteiger partial charge in [-0.15, -0.1) is 0 Å². The summed E-state index contributed by atoms with van der Waals surface area (Å²) in [6, 6.07) is 2.83. The number of rotatable bonds is 9. The van der Waals surface area contributed by atoms with Crippen LogP contribution in [-0.2, 0) is 11.2 Å². The number of benzene rings is 1. The van der Waals surface area contributed by atoms with Crippen LogP contribution in [0.25, 0.3) is 0 Å². The molecule has 2 rings (SSSR count). The second kappa shape index (κ2) is 9.43. The average Bonchev–Trinajstić information content (AvgIpc) is 2.63. The summed E-state index contributed by atoms with van der Waals surface area (Å²) in [4.78, 5) is 25.9. The summed E-state index contributed by atoms with van der Waals surface area (Å²) < 4.78 is 10.9. The number of likely N-dealkylation sites (tertiary alicyclic amines) is 1. The van der Waals surface area contributed by atoms with E-state index in [4.69, 9.17) is 14.7 Å². The monoisotopic (exact) mass is 364 g/mol. The van der Waals surface area contributed by atoms with Gasteiger partial charge in [0.25, 0.3) is 11.8 Å². The number of carbonyl (C=O) groups excluding carboxylic acids is 2. The fourth-order valence-corrected chi connectivity index (χ4v) is 3.24. The van der Waals surface area contributed by atoms with E-state index >= 15 is 0 Å². The predicted octanol–water partition coefficient (Wildman–Crippen LogP) is 2.55. The first kappa shape index (κ1) is 20.0. The minimum absolute atomic E-state index is 0.249. The van der Waals surface area contributed by atoms with Crippen LogP contribution in [0.1, 0.15) is 54.9 Å². The smallest absolute Gasteiger partial charge is 0.266 e. The van der Waals surface area contributed by atoms with Crippen LogP contribution in [-0.4, -0.2) is 48.7 Å². The van der Waals surface area contributed by atoms with Crippen molar-refractivity contribution in [2.45, 2.75) is 51.5 Å². The normalized spacial score (nSPS) is 16.0. The molecule has 26 heavy (non-hydrogen) atoms. The van der Waals surface area contributed by atoms with Gasteiger partial charge < -0.3 is 14.4 Å². The SMILES string of the molecule is CCCCCCc1cc(C(=O)N2CCC2C(=O)NO)cc(OC)c1OC. The van der Waals surface area contributed by atoms with E-state index in [9.17, 15) is 9.59 Å². The molecule has 1 atom stereocenters. The van der Waals surface area contributed by atoms with E-state index in [1.807, 2.05) is 6.07 Å². The van der Waals surface area contributed by atoms with Crippen LogP contribution < -0.4 is 15.0 Å². The average molecular weight is 364 g/mol. The first-order valence-electron chi connectivity index (χ1n) is 9.07.